The Balaban J connectivity index is 0.00000264. The quantitative estimate of drug-likeness (QED) is 0.593. The summed E-state index contributed by atoms with van der Waals surface area (Å²) in [4.78, 5) is 16.5. The van der Waals surface area contributed by atoms with Crippen LogP contribution in [0.15, 0.2) is 24.3 Å². The molecule has 0 amide bonds. The molecule has 0 radical (unpaired) electrons. The van der Waals surface area contributed by atoms with Crippen LogP contribution in [0.5, 0.6) is 5.75 Å². The van der Waals surface area contributed by atoms with Crippen molar-refractivity contribution in [3.05, 3.63) is 29.8 Å². The van der Waals surface area contributed by atoms with Crippen molar-refractivity contribution in [1.82, 2.24) is 9.80 Å². The lowest BCUT2D eigenvalue weighted by molar-refractivity contribution is -0.151. The molecule has 2 rings (SSSR count). The van der Waals surface area contributed by atoms with Crippen LogP contribution in [0.1, 0.15) is 12.5 Å². The van der Waals surface area contributed by atoms with Crippen LogP contribution in [0.2, 0.25) is 0 Å². The first-order valence-electron chi connectivity index (χ1n) is 7.83. The third-order valence-corrected chi connectivity index (χ3v) is 3.88. The Bertz CT molecular complexity index is 490. The second kappa shape index (κ2) is 9.75. The molecular formula is C17H26ClN2O3-. The summed E-state index contributed by atoms with van der Waals surface area (Å²) in [5.74, 6) is 0.413. The topological polar surface area (TPSA) is 42.0 Å². The fraction of sp³-hybridized carbons (Fsp3) is 0.588. The Morgan fingerprint density at radius 1 is 1.22 bits per heavy atom. The number of ether oxygens (including phenoxy) is 2. The average Bonchev–Trinajstić information content (AvgIpc) is 2.49. The number of rotatable bonds is 6. The van der Waals surface area contributed by atoms with E-state index in [-0.39, 0.29) is 31.1 Å². The van der Waals surface area contributed by atoms with Crippen LogP contribution in [-0.4, -0.2) is 68.3 Å². The molecule has 1 saturated heterocycles. The summed E-state index contributed by atoms with van der Waals surface area (Å²) in [5.41, 5.74) is 1.01. The van der Waals surface area contributed by atoms with Crippen molar-refractivity contribution >= 4 is 5.97 Å². The average molecular weight is 342 g/mol. The Morgan fingerprint density at radius 3 is 2.52 bits per heavy atom. The van der Waals surface area contributed by atoms with Crippen molar-refractivity contribution in [2.75, 3.05) is 46.4 Å². The largest absolute Gasteiger partial charge is 1.00 e. The van der Waals surface area contributed by atoms with E-state index >= 15 is 0 Å². The van der Waals surface area contributed by atoms with E-state index in [0.717, 1.165) is 44.0 Å². The lowest BCUT2D eigenvalue weighted by atomic mass is 10.2. The molecule has 0 N–H and O–H groups in total. The molecule has 0 bridgehead atoms. The Morgan fingerprint density at radius 2 is 1.87 bits per heavy atom. The molecule has 23 heavy (non-hydrogen) atoms. The lowest BCUT2D eigenvalue weighted by Crippen LogP contribution is -3.00. The zero-order chi connectivity index (χ0) is 15.9. The van der Waals surface area contributed by atoms with E-state index in [2.05, 4.69) is 16.8 Å². The predicted molar refractivity (Wildman–Crippen MR) is 86.2 cm³/mol. The fourth-order valence-electron chi connectivity index (χ4n) is 2.54. The predicted octanol–water partition coefficient (Wildman–Crippen LogP) is -1.44. The summed E-state index contributed by atoms with van der Waals surface area (Å²) >= 11 is 0. The van der Waals surface area contributed by atoms with Gasteiger partial charge in [-0.2, -0.15) is 0 Å². The van der Waals surface area contributed by atoms with Gasteiger partial charge in [-0.15, -0.1) is 0 Å². The maximum atomic E-state index is 11.9. The molecule has 5 nitrogen and oxygen atoms in total. The summed E-state index contributed by atoms with van der Waals surface area (Å²) in [5, 5.41) is 0. The highest BCUT2D eigenvalue weighted by atomic mass is 35.5. The number of hydrogen-bond acceptors (Lipinski definition) is 5. The van der Waals surface area contributed by atoms with Gasteiger partial charge in [0, 0.05) is 32.7 Å². The fourth-order valence-corrected chi connectivity index (χ4v) is 2.54. The van der Waals surface area contributed by atoms with Gasteiger partial charge in [0.25, 0.3) is 0 Å². The molecule has 1 aliphatic heterocycles. The summed E-state index contributed by atoms with van der Waals surface area (Å²) in [6.45, 7) is 8.81. The standard InChI is InChI=1S/C17H26N2O3.ClH/c1-14-6-4-5-7-16(14)21-13-17(20)22-15(2)12-19-10-8-18(3)9-11-19;/h4-7,15H,8-13H2,1-3H3;1H/p-1. The van der Waals surface area contributed by atoms with E-state index in [1.54, 1.807) is 0 Å². The second-order valence-electron chi connectivity index (χ2n) is 5.96. The number of halogens is 1. The number of esters is 1. The number of likely N-dealkylation sites (N-methyl/N-ethyl adjacent to an activating group) is 1. The first-order chi connectivity index (χ1) is 10.5. The van der Waals surface area contributed by atoms with E-state index in [0.29, 0.717) is 0 Å². The summed E-state index contributed by atoms with van der Waals surface area (Å²) in [6.07, 6.45) is -0.114. The highest BCUT2D eigenvalue weighted by Crippen LogP contribution is 2.16. The van der Waals surface area contributed by atoms with Gasteiger partial charge in [0.2, 0.25) is 0 Å². The van der Waals surface area contributed by atoms with Crippen LogP contribution in [0, 0.1) is 6.92 Å². The zero-order valence-electron chi connectivity index (χ0n) is 14.1. The van der Waals surface area contributed by atoms with Gasteiger partial charge in [0.15, 0.2) is 6.61 Å². The SMILES string of the molecule is Cc1ccccc1OCC(=O)OC(C)CN1CCN(C)CC1.[Cl-]. The van der Waals surface area contributed by atoms with Gasteiger partial charge in [-0.3, -0.25) is 4.90 Å². The molecule has 0 aromatic heterocycles. The molecular weight excluding hydrogens is 316 g/mol. The minimum atomic E-state index is -0.315. The van der Waals surface area contributed by atoms with Gasteiger partial charge in [-0.05, 0) is 32.5 Å². The van der Waals surface area contributed by atoms with Crippen molar-refractivity contribution in [1.29, 1.82) is 0 Å². The maximum absolute atomic E-state index is 11.9. The van der Waals surface area contributed by atoms with Crippen molar-refractivity contribution in [3.63, 3.8) is 0 Å². The van der Waals surface area contributed by atoms with E-state index < -0.39 is 0 Å². The number of carbonyl (C=O) groups excluding carboxylic acids is 1. The van der Waals surface area contributed by atoms with Crippen LogP contribution in [0.25, 0.3) is 0 Å². The molecule has 0 aliphatic carbocycles. The van der Waals surface area contributed by atoms with Crippen molar-refractivity contribution < 1.29 is 26.7 Å². The molecule has 0 saturated carbocycles. The van der Waals surface area contributed by atoms with Gasteiger partial charge in [0.05, 0.1) is 0 Å². The van der Waals surface area contributed by atoms with E-state index in [9.17, 15) is 4.79 Å². The number of nitrogens with zero attached hydrogens (tertiary/aromatic N) is 2. The molecule has 1 fully saturated rings. The monoisotopic (exact) mass is 341 g/mol. The third-order valence-electron chi connectivity index (χ3n) is 3.88. The molecule has 1 unspecified atom stereocenters. The summed E-state index contributed by atoms with van der Waals surface area (Å²) < 4.78 is 10.9. The molecule has 1 heterocycles. The van der Waals surface area contributed by atoms with Gasteiger partial charge in [-0.25, -0.2) is 4.79 Å². The summed E-state index contributed by atoms with van der Waals surface area (Å²) in [7, 11) is 2.13. The maximum Gasteiger partial charge on any atom is 0.344 e. The van der Waals surface area contributed by atoms with Crippen LogP contribution in [0.4, 0.5) is 0 Å². The molecule has 6 heteroatoms. The normalized spacial score (nSPS) is 17.2. The molecule has 0 spiro atoms. The Hall–Kier alpha value is -1.30. The number of hydrogen-bond donors (Lipinski definition) is 0. The first-order valence-corrected chi connectivity index (χ1v) is 7.83. The van der Waals surface area contributed by atoms with Crippen molar-refractivity contribution in [2.24, 2.45) is 0 Å². The number of aryl methyl sites for hydroxylation is 1. The molecule has 1 aromatic rings. The van der Waals surface area contributed by atoms with E-state index in [4.69, 9.17) is 9.47 Å². The van der Waals surface area contributed by atoms with Crippen LogP contribution in [-0.2, 0) is 9.53 Å². The van der Waals surface area contributed by atoms with Crippen molar-refractivity contribution in [2.45, 2.75) is 20.0 Å². The number of piperazine rings is 1. The first kappa shape index (κ1) is 19.7. The Labute approximate surface area is 145 Å². The number of carbonyl (C=O) groups is 1. The van der Waals surface area contributed by atoms with Crippen LogP contribution < -0.4 is 17.1 Å². The van der Waals surface area contributed by atoms with Gasteiger partial charge >= 0.3 is 5.97 Å². The van der Waals surface area contributed by atoms with Crippen molar-refractivity contribution in [3.8, 4) is 5.75 Å². The summed E-state index contributed by atoms with van der Waals surface area (Å²) in [6, 6.07) is 7.65. The number of para-hydroxylation sites is 1. The highest BCUT2D eigenvalue weighted by molar-refractivity contribution is 5.71. The minimum Gasteiger partial charge on any atom is -1.00 e. The van der Waals surface area contributed by atoms with E-state index in [1.165, 1.54) is 0 Å². The highest BCUT2D eigenvalue weighted by Gasteiger charge is 2.18. The van der Waals surface area contributed by atoms with Gasteiger partial charge in [0.1, 0.15) is 11.9 Å². The zero-order valence-corrected chi connectivity index (χ0v) is 14.9. The number of benzene rings is 1. The molecule has 1 aliphatic rings. The molecule has 130 valence electrons. The van der Waals surface area contributed by atoms with Crippen LogP contribution >= 0.6 is 0 Å². The third kappa shape index (κ3) is 6.77. The Kier molecular flexibility index (Phi) is 8.37. The van der Waals surface area contributed by atoms with Crippen LogP contribution in [0.3, 0.4) is 0 Å². The lowest BCUT2D eigenvalue weighted by Gasteiger charge is -2.33. The van der Waals surface area contributed by atoms with Gasteiger partial charge in [-0.1, -0.05) is 18.2 Å². The molecule has 1 atom stereocenters. The second-order valence-corrected chi connectivity index (χ2v) is 5.96. The van der Waals surface area contributed by atoms with E-state index in [1.807, 2.05) is 38.1 Å². The van der Waals surface area contributed by atoms with Gasteiger partial charge < -0.3 is 26.8 Å². The smallest absolute Gasteiger partial charge is 0.344 e. The molecule has 1 aromatic carbocycles. The minimum absolute atomic E-state index is 0.